The maximum atomic E-state index is 13.7. The Morgan fingerprint density at radius 2 is 2.17 bits per heavy atom. The molecule has 128 valence electrons. The molecule has 0 radical (unpaired) electrons. The van der Waals surface area contributed by atoms with E-state index in [9.17, 15) is 12.8 Å². The Labute approximate surface area is 140 Å². The van der Waals surface area contributed by atoms with Gasteiger partial charge in [0.15, 0.2) is 11.6 Å². The third-order valence-corrected chi connectivity index (χ3v) is 5.44. The van der Waals surface area contributed by atoms with Crippen molar-refractivity contribution < 1.29 is 17.5 Å². The predicted molar refractivity (Wildman–Crippen MR) is 88.1 cm³/mol. The molecule has 24 heavy (non-hydrogen) atoms. The van der Waals surface area contributed by atoms with Crippen LogP contribution in [0.15, 0.2) is 47.5 Å². The van der Waals surface area contributed by atoms with Gasteiger partial charge in [-0.15, -0.1) is 0 Å². The van der Waals surface area contributed by atoms with E-state index < -0.39 is 15.8 Å². The molecule has 3 rings (SSSR count). The van der Waals surface area contributed by atoms with Crippen LogP contribution in [-0.4, -0.2) is 39.6 Å². The summed E-state index contributed by atoms with van der Waals surface area (Å²) in [6.45, 7) is 1.23. The van der Waals surface area contributed by atoms with Crippen molar-refractivity contribution in [2.24, 2.45) is 0 Å². The number of sulfonamides is 1. The Morgan fingerprint density at radius 1 is 1.33 bits per heavy atom. The van der Waals surface area contributed by atoms with Crippen LogP contribution in [0.25, 0.3) is 0 Å². The molecule has 2 heterocycles. The Balaban J connectivity index is 1.70. The topological polar surface area (TPSA) is 71.5 Å². The summed E-state index contributed by atoms with van der Waals surface area (Å²) >= 11 is 0. The fourth-order valence-electron chi connectivity index (χ4n) is 2.71. The van der Waals surface area contributed by atoms with E-state index in [2.05, 4.69) is 9.71 Å². The molecule has 0 bridgehead atoms. The summed E-state index contributed by atoms with van der Waals surface area (Å²) in [7, 11) is -2.46. The minimum atomic E-state index is -3.79. The average molecular weight is 351 g/mol. The molecule has 1 aromatic carbocycles. The van der Waals surface area contributed by atoms with E-state index in [-0.39, 0.29) is 16.7 Å². The number of pyridine rings is 1. The minimum Gasteiger partial charge on any atom is -0.494 e. The van der Waals surface area contributed by atoms with Gasteiger partial charge >= 0.3 is 0 Å². The van der Waals surface area contributed by atoms with Crippen molar-refractivity contribution in [2.45, 2.75) is 17.4 Å². The van der Waals surface area contributed by atoms with E-state index in [0.29, 0.717) is 19.5 Å². The van der Waals surface area contributed by atoms with Crippen LogP contribution in [0.3, 0.4) is 0 Å². The van der Waals surface area contributed by atoms with Crippen LogP contribution in [0.4, 0.5) is 10.2 Å². The van der Waals surface area contributed by atoms with Gasteiger partial charge in [0, 0.05) is 25.3 Å². The molecule has 6 nitrogen and oxygen atoms in total. The SMILES string of the molecule is COc1ccc(S(=O)(=O)NC2CCN(c3ccccn3)C2)cc1F. The van der Waals surface area contributed by atoms with Crippen molar-refractivity contribution in [3.63, 3.8) is 0 Å². The number of anilines is 1. The summed E-state index contributed by atoms with van der Waals surface area (Å²) in [5, 5.41) is 0. The summed E-state index contributed by atoms with van der Waals surface area (Å²) < 4.78 is 46.0. The second kappa shape index (κ2) is 6.74. The van der Waals surface area contributed by atoms with Crippen LogP contribution in [0, 0.1) is 5.82 Å². The van der Waals surface area contributed by atoms with E-state index in [1.807, 2.05) is 23.1 Å². The molecular formula is C16H18FN3O3S. The Morgan fingerprint density at radius 3 is 2.83 bits per heavy atom. The first kappa shape index (κ1) is 16.7. The lowest BCUT2D eigenvalue weighted by Crippen LogP contribution is -2.37. The molecule has 0 spiro atoms. The number of hydrogen-bond acceptors (Lipinski definition) is 5. The van der Waals surface area contributed by atoms with Gasteiger partial charge in [-0.3, -0.25) is 0 Å². The lowest BCUT2D eigenvalue weighted by molar-refractivity contribution is 0.385. The smallest absolute Gasteiger partial charge is 0.240 e. The molecule has 1 atom stereocenters. The highest BCUT2D eigenvalue weighted by Crippen LogP contribution is 2.22. The van der Waals surface area contributed by atoms with Crippen molar-refractivity contribution in [2.75, 3.05) is 25.1 Å². The monoisotopic (exact) mass is 351 g/mol. The molecule has 1 unspecified atom stereocenters. The number of nitrogens with zero attached hydrogens (tertiary/aromatic N) is 2. The first-order chi connectivity index (χ1) is 11.5. The number of nitrogens with one attached hydrogen (secondary N) is 1. The number of aromatic nitrogens is 1. The lowest BCUT2D eigenvalue weighted by Gasteiger charge is -2.18. The fraction of sp³-hybridized carbons (Fsp3) is 0.312. The molecule has 1 aliphatic rings. The molecule has 1 saturated heterocycles. The van der Waals surface area contributed by atoms with Gasteiger partial charge in [-0.05, 0) is 36.8 Å². The average Bonchev–Trinajstić information content (AvgIpc) is 3.03. The van der Waals surface area contributed by atoms with Crippen molar-refractivity contribution in [3.8, 4) is 5.75 Å². The molecule has 2 aromatic rings. The first-order valence-electron chi connectivity index (χ1n) is 7.51. The van der Waals surface area contributed by atoms with Crippen LogP contribution >= 0.6 is 0 Å². The number of benzene rings is 1. The van der Waals surface area contributed by atoms with E-state index in [0.717, 1.165) is 11.9 Å². The van der Waals surface area contributed by atoms with Gasteiger partial charge in [-0.25, -0.2) is 22.5 Å². The van der Waals surface area contributed by atoms with Crippen LogP contribution in [0.1, 0.15) is 6.42 Å². The summed E-state index contributed by atoms with van der Waals surface area (Å²) in [5.74, 6) is 0.118. The molecule has 1 N–H and O–H groups in total. The summed E-state index contributed by atoms with van der Waals surface area (Å²) in [4.78, 5) is 6.17. The molecule has 8 heteroatoms. The van der Waals surface area contributed by atoms with Crippen LogP contribution in [0.5, 0.6) is 5.75 Å². The second-order valence-electron chi connectivity index (χ2n) is 5.54. The van der Waals surface area contributed by atoms with Crippen molar-refractivity contribution in [1.29, 1.82) is 0 Å². The van der Waals surface area contributed by atoms with Gasteiger partial charge < -0.3 is 9.64 Å². The standard InChI is InChI=1S/C16H18FN3O3S/c1-23-15-6-5-13(10-14(15)17)24(21,22)19-12-7-9-20(11-12)16-4-2-3-8-18-16/h2-6,8,10,12,19H,7,9,11H2,1H3. The highest BCUT2D eigenvalue weighted by atomic mass is 32.2. The zero-order valence-electron chi connectivity index (χ0n) is 13.1. The summed E-state index contributed by atoms with van der Waals surface area (Å²) in [6, 6.07) is 8.96. The molecule has 0 amide bonds. The van der Waals surface area contributed by atoms with E-state index in [1.54, 1.807) is 6.20 Å². The van der Waals surface area contributed by atoms with E-state index in [4.69, 9.17) is 4.74 Å². The van der Waals surface area contributed by atoms with Crippen LogP contribution in [-0.2, 0) is 10.0 Å². The van der Waals surface area contributed by atoms with Gasteiger partial charge in [-0.2, -0.15) is 0 Å². The predicted octanol–water partition coefficient (Wildman–Crippen LogP) is 1.79. The van der Waals surface area contributed by atoms with Crippen LogP contribution in [0.2, 0.25) is 0 Å². The largest absolute Gasteiger partial charge is 0.494 e. The molecule has 1 aromatic heterocycles. The van der Waals surface area contributed by atoms with E-state index in [1.165, 1.54) is 19.2 Å². The minimum absolute atomic E-state index is 0.0103. The van der Waals surface area contributed by atoms with Crippen molar-refractivity contribution in [3.05, 3.63) is 48.4 Å². The van der Waals surface area contributed by atoms with Gasteiger partial charge in [0.05, 0.1) is 12.0 Å². The van der Waals surface area contributed by atoms with Gasteiger partial charge in [0.2, 0.25) is 10.0 Å². The second-order valence-corrected chi connectivity index (χ2v) is 7.25. The molecule has 0 saturated carbocycles. The molecule has 1 fully saturated rings. The molecule has 1 aliphatic heterocycles. The maximum Gasteiger partial charge on any atom is 0.240 e. The Bertz CT molecular complexity index is 815. The summed E-state index contributed by atoms with van der Waals surface area (Å²) in [5.41, 5.74) is 0. The summed E-state index contributed by atoms with van der Waals surface area (Å²) in [6.07, 6.45) is 2.36. The quantitative estimate of drug-likeness (QED) is 0.889. The zero-order chi connectivity index (χ0) is 17.2. The number of methoxy groups -OCH3 is 1. The number of ether oxygens (including phenoxy) is 1. The van der Waals surface area contributed by atoms with Gasteiger partial charge in [-0.1, -0.05) is 6.07 Å². The fourth-order valence-corrected chi connectivity index (χ4v) is 3.98. The highest BCUT2D eigenvalue weighted by Gasteiger charge is 2.28. The zero-order valence-corrected chi connectivity index (χ0v) is 14.0. The molecule has 0 aliphatic carbocycles. The van der Waals surface area contributed by atoms with Gasteiger partial charge in [0.1, 0.15) is 5.82 Å². The molecular weight excluding hydrogens is 333 g/mol. The Kier molecular flexibility index (Phi) is 4.68. The first-order valence-corrected chi connectivity index (χ1v) is 9.00. The maximum absolute atomic E-state index is 13.7. The normalized spacial score (nSPS) is 17.9. The van der Waals surface area contributed by atoms with Crippen LogP contribution < -0.4 is 14.4 Å². The van der Waals surface area contributed by atoms with Crippen molar-refractivity contribution in [1.82, 2.24) is 9.71 Å². The van der Waals surface area contributed by atoms with E-state index >= 15 is 0 Å². The number of halogens is 1. The third-order valence-electron chi connectivity index (χ3n) is 3.92. The lowest BCUT2D eigenvalue weighted by atomic mass is 10.3. The number of hydrogen-bond donors (Lipinski definition) is 1. The Hall–Kier alpha value is -2.19. The van der Waals surface area contributed by atoms with Crippen molar-refractivity contribution >= 4 is 15.8 Å². The highest BCUT2D eigenvalue weighted by molar-refractivity contribution is 7.89. The van der Waals surface area contributed by atoms with Gasteiger partial charge in [0.25, 0.3) is 0 Å². The number of rotatable bonds is 5. The third kappa shape index (κ3) is 3.49.